The molecule has 4 rings (SSSR count). The molecule has 1 aliphatic rings. The van der Waals surface area contributed by atoms with Crippen molar-refractivity contribution in [2.45, 2.75) is 39.2 Å². The molecule has 1 aliphatic carbocycles. The highest BCUT2D eigenvalue weighted by Gasteiger charge is 2.28. The second-order valence-corrected chi connectivity index (χ2v) is 13.4. The van der Waals surface area contributed by atoms with Crippen LogP contribution in [-0.2, 0) is 19.9 Å². The van der Waals surface area contributed by atoms with E-state index in [4.69, 9.17) is 4.74 Å². The summed E-state index contributed by atoms with van der Waals surface area (Å²) >= 11 is 0. The van der Waals surface area contributed by atoms with Crippen molar-refractivity contribution in [1.82, 2.24) is 4.57 Å². The highest BCUT2D eigenvalue weighted by Crippen LogP contribution is 2.43. The number of sulfone groups is 1. The van der Waals surface area contributed by atoms with E-state index < -0.39 is 25.8 Å². The molecule has 3 aromatic rings. The number of hydrogen-bond acceptors (Lipinski definition) is 6. The van der Waals surface area contributed by atoms with Crippen molar-refractivity contribution in [3.05, 3.63) is 48.0 Å². The van der Waals surface area contributed by atoms with Crippen LogP contribution in [0.3, 0.4) is 0 Å². The molecule has 0 bridgehead atoms. The van der Waals surface area contributed by atoms with Crippen LogP contribution in [0.5, 0.6) is 5.75 Å². The van der Waals surface area contributed by atoms with Crippen LogP contribution in [0.4, 0.5) is 5.69 Å². The average molecular weight is 516 g/mol. The van der Waals surface area contributed by atoms with Gasteiger partial charge in [-0.2, -0.15) is 5.26 Å². The van der Waals surface area contributed by atoms with Crippen LogP contribution >= 0.6 is 0 Å². The first kappa shape index (κ1) is 25.1. The van der Waals surface area contributed by atoms with Gasteiger partial charge in [0.1, 0.15) is 11.8 Å². The Morgan fingerprint density at radius 2 is 1.80 bits per heavy atom. The lowest BCUT2D eigenvalue weighted by Crippen LogP contribution is -2.20. The molecule has 0 atom stereocenters. The van der Waals surface area contributed by atoms with Crippen molar-refractivity contribution in [3.63, 3.8) is 0 Å². The van der Waals surface area contributed by atoms with Crippen LogP contribution in [0, 0.1) is 17.2 Å². The maximum atomic E-state index is 12.3. The van der Waals surface area contributed by atoms with Gasteiger partial charge in [0, 0.05) is 29.4 Å². The van der Waals surface area contributed by atoms with Gasteiger partial charge in [0.25, 0.3) is 0 Å². The Labute approximate surface area is 206 Å². The zero-order valence-electron chi connectivity index (χ0n) is 20.0. The lowest BCUT2D eigenvalue weighted by Gasteiger charge is -2.30. The summed E-state index contributed by atoms with van der Waals surface area (Å²) in [5.41, 5.74) is 3.37. The third-order valence-electron chi connectivity index (χ3n) is 5.95. The fourth-order valence-electron chi connectivity index (χ4n) is 4.33. The van der Waals surface area contributed by atoms with E-state index in [9.17, 15) is 22.1 Å². The predicted molar refractivity (Wildman–Crippen MR) is 138 cm³/mol. The van der Waals surface area contributed by atoms with E-state index in [1.165, 1.54) is 0 Å². The van der Waals surface area contributed by atoms with E-state index >= 15 is 0 Å². The maximum Gasteiger partial charge on any atom is 0.232 e. The molecular formula is C25H29N3O5S2. The summed E-state index contributed by atoms with van der Waals surface area (Å²) < 4.78 is 57.9. The van der Waals surface area contributed by atoms with Crippen molar-refractivity contribution in [1.29, 1.82) is 5.26 Å². The summed E-state index contributed by atoms with van der Waals surface area (Å²) in [6.07, 6.45) is 4.15. The van der Waals surface area contributed by atoms with E-state index in [1.807, 2.05) is 26.0 Å². The highest BCUT2D eigenvalue weighted by atomic mass is 32.2. The molecular weight excluding hydrogens is 486 g/mol. The Morgan fingerprint density at radius 3 is 2.34 bits per heavy atom. The van der Waals surface area contributed by atoms with Gasteiger partial charge in [-0.05, 0) is 55.0 Å². The molecule has 0 radical (unpaired) electrons. The molecule has 1 heterocycles. The molecule has 0 unspecified atom stereocenters. The molecule has 0 spiro atoms. The molecule has 1 fully saturated rings. The summed E-state index contributed by atoms with van der Waals surface area (Å²) in [6.45, 7) is 3.70. The quantitative estimate of drug-likeness (QED) is 0.442. The number of fused-ring (bicyclic) bond motifs is 1. The number of nitrogens with zero attached hydrogens (tertiary/aromatic N) is 2. The molecule has 1 N–H and O–H groups in total. The van der Waals surface area contributed by atoms with Crippen LogP contribution in [0.15, 0.2) is 42.5 Å². The van der Waals surface area contributed by atoms with Crippen molar-refractivity contribution in [2.24, 2.45) is 5.92 Å². The van der Waals surface area contributed by atoms with Gasteiger partial charge in [-0.25, -0.2) is 16.8 Å². The van der Waals surface area contributed by atoms with E-state index in [-0.39, 0.29) is 17.7 Å². The van der Waals surface area contributed by atoms with Crippen molar-refractivity contribution in [2.75, 3.05) is 22.7 Å². The SMILES string of the molecule is CC(C)CS(=O)(=O)Nc1ccc(-c2c(C#N)c3ccc(OCS(C)(=O)=O)cc3n2C2CCC2)cc1. The minimum atomic E-state index is -3.45. The molecule has 0 aliphatic heterocycles. The van der Waals surface area contributed by atoms with Gasteiger partial charge in [-0.3, -0.25) is 4.72 Å². The van der Waals surface area contributed by atoms with E-state index in [2.05, 4.69) is 15.4 Å². The van der Waals surface area contributed by atoms with Gasteiger partial charge in [0.05, 0.1) is 22.5 Å². The van der Waals surface area contributed by atoms with Gasteiger partial charge >= 0.3 is 0 Å². The second-order valence-electron chi connectivity index (χ2n) is 9.51. The van der Waals surface area contributed by atoms with Crippen LogP contribution < -0.4 is 9.46 Å². The van der Waals surface area contributed by atoms with Crippen LogP contribution in [0.25, 0.3) is 22.2 Å². The van der Waals surface area contributed by atoms with E-state index in [0.29, 0.717) is 17.0 Å². The number of benzene rings is 2. The second kappa shape index (κ2) is 9.55. The Kier molecular flexibility index (Phi) is 6.84. The zero-order valence-corrected chi connectivity index (χ0v) is 21.6. The van der Waals surface area contributed by atoms with E-state index in [0.717, 1.165) is 47.7 Å². The smallest absolute Gasteiger partial charge is 0.232 e. The zero-order chi connectivity index (χ0) is 25.4. The molecule has 10 heteroatoms. The number of hydrogen-bond donors (Lipinski definition) is 1. The Morgan fingerprint density at radius 1 is 1.11 bits per heavy atom. The normalized spacial score (nSPS) is 14.6. The Hall–Kier alpha value is -3.03. The monoisotopic (exact) mass is 515 g/mol. The van der Waals surface area contributed by atoms with Gasteiger partial charge in [0.15, 0.2) is 15.8 Å². The number of nitriles is 1. The van der Waals surface area contributed by atoms with Crippen molar-refractivity contribution < 1.29 is 21.6 Å². The number of sulfonamides is 1. The van der Waals surface area contributed by atoms with Crippen LogP contribution in [0.1, 0.15) is 44.7 Å². The van der Waals surface area contributed by atoms with Crippen molar-refractivity contribution >= 4 is 36.5 Å². The minimum absolute atomic E-state index is 0.00875. The number of anilines is 1. The number of aromatic nitrogens is 1. The maximum absolute atomic E-state index is 12.3. The predicted octanol–water partition coefficient (Wildman–Crippen LogP) is 4.68. The first-order valence-corrected chi connectivity index (χ1v) is 15.2. The Bertz CT molecular complexity index is 1500. The van der Waals surface area contributed by atoms with Gasteiger partial charge in [-0.15, -0.1) is 0 Å². The first-order chi connectivity index (χ1) is 16.5. The summed E-state index contributed by atoms with van der Waals surface area (Å²) in [7, 11) is -6.75. The topological polar surface area (TPSA) is 118 Å². The molecule has 8 nitrogen and oxygen atoms in total. The lowest BCUT2D eigenvalue weighted by atomic mass is 9.92. The Balaban J connectivity index is 1.77. The fraction of sp³-hybridized carbons (Fsp3) is 0.400. The van der Waals surface area contributed by atoms with E-state index in [1.54, 1.807) is 30.3 Å². The average Bonchev–Trinajstić information content (AvgIpc) is 3.03. The summed E-state index contributed by atoms with van der Waals surface area (Å²) in [4.78, 5) is 0. The third-order valence-corrected chi connectivity index (χ3v) is 8.15. The van der Waals surface area contributed by atoms with Crippen LogP contribution in [0.2, 0.25) is 0 Å². The fourth-order valence-corrected chi connectivity index (χ4v) is 6.14. The van der Waals surface area contributed by atoms with Crippen LogP contribution in [-0.4, -0.2) is 39.4 Å². The molecule has 0 amide bonds. The van der Waals surface area contributed by atoms with Crippen molar-refractivity contribution in [3.8, 4) is 23.1 Å². The molecule has 186 valence electrons. The summed E-state index contributed by atoms with van der Waals surface area (Å²) in [5.74, 6) is 0.0447. The first-order valence-electron chi connectivity index (χ1n) is 11.5. The lowest BCUT2D eigenvalue weighted by molar-refractivity contribution is 0.323. The largest absolute Gasteiger partial charge is 0.478 e. The molecule has 2 aromatic carbocycles. The molecule has 0 saturated heterocycles. The standard InChI is InChI=1S/C25H29N3O5S2/c1-17(2)15-35(31,32)27-19-9-7-18(8-10-19)25-23(14-26)22-12-11-21(33-16-34(3,29)30)13-24(22)28(25)20-5-4-6-20/h7-13,17,20,27H,4-6,15-16H2,1-3H3. The number of rotatable bonds is 9. The number of ether oxygens (including phenoxy) is 1. The minimum Gasteiger partial charge on any atom is -0.478 e. The number of nitrogens with one attached hydrogen (secondary N) is 1. The molecule has 35 heavy (non-hydrogen) atoms. The summed E-state index contributed by atoms with van der Waals surface area (Å²) in [6, 6.07) is 14.9. The van der Waals surface area contributed by atoms with Gasteiger partial charge < -0.3 is 9.30 Å². The molecule has 1 saturated carbocycles. The van der Waals surface area contributed by atoms with Gasteiger partial charge in [0.2, 0.25) is 10.0 Å². The van der Waals surface area contributed by atoms with Gasteiger partial charge in [-0.1, -0.05) is 26.0 Å². The third kappa shape index (κ3) is 5.63. The highest BCUT2D eigenvalue weighted by molar-refractivity contribution is 7.92. The molecule has 1 aromatic heterocycles. The summed E-state index contributed by atoms with van der Waals surface area (Å²) in [5, 5.41) is 10.8.